The maximum atomic E-state index is 5.78. The predicted molar refractivity (Wildman–Crippen MR) is 72.9 cm³/mol. The summed E-state index contributed by atoms with van der Waals surface area (Å²) in [5, 5.41) is 3.64. The van der Waals surface area contributed by atoms with Crippen LogP contribution in [0.2, 0.25) is 0 Å². The molecule has 0 aliphatic carbocycles. The van der Waals surface area contributed by atoms with Crippen LogP contribution in [0, 0.1) is 0 Å². The molecule has 0 spiro atoms. The number of fused-ring (bicyclic) bond motifs is 1. The summed E-state index contributed by atoms with van der Waals surface area (Å²) in [6, 6.07) is 10.1. The Morgan fingerprint density at radius 3 is 3.00 bits per heavy atom. The van der Waals surface area contributed by atoms with Crippen LogP contribution in [-0.2, 0) is 0 Å². The molecule has 1 aromatic rings. The average Bonchev–Trinajstić information content (AvgIpc) is 2.94. The number of rotatable bonds is 3. The summed E-state index contributed by atoms with van der Waals surface area (Å²) in [5.74, 6) is 1.07. The minimum Gasteiger partial charge on any atom is -0.491 e. The van der Waals surface area contributed by atoms with Gasteiger partial charge in [0.25, 0.3) is 0 Å². The highest BCUT2D eigenvalue weighted by Crippen LogP contribution is 2.37. The molecule has 2 unspecified atom stereocenters. The Morgan fingerprint density at radius 1 is 1.33 bits per heavy atom. The van der Waals surface area contributed by atoms with Crippen molar-refractivity contribution >= 4 is 0 Å². The minimum absolute atomic E-state index is 0.458. The van der Waals surface area contributed by atoms with E-state index in [9.17, 15) is 0 Å². The molecule has 98 valence electrons. The van der Waals surface area contributed by atoms with E-state index in [1.165, 1.54) is 18.5 Å². The maximum absolute atomic E-state index is 5.78. The number of hydrogen-bond acceptors (Lipinski definition) is 3. The van der Waals surface area contributed by atoms with Gasteiger partial charge in [0.05, 0.1) is 6.04 Å². The van der Waals surface area contributed by atoms with Crippen molar-refractivity contribution in [2.45, 2.75) is 38.4 Å². The number of para-hydroxylation sites is 1. The quantitative estimate of drug-likeness (QED) is 0.885. The summed E-state index contributed by atoms with van der Waals surface area (Å²) in [5.41, 5.74) is 1.36. The molecule has 0 radical (unpaired) electrons. The topological polar surface area (TPSA) is 24.5 Å². The van der Waals surface area contributed by atoms with Crippen LogP contribution >= 0.6 is 0 Å². The monoisotopic (exact) mass is 246 g/mol. The first-order chi connectivity index (χ1) is 8.74. The number of hydrogen-bond donors (Lipinski definition) is 1. The van der Waals surface area contributed by atoms with E-state index in [2.05, 4.69) is 42.3 Å². The Bertz CT molecular complexity index is 419. The van der Waals surface area contributed by atoms with Crippen molar-refractivity contribution in [3.05, 3.63) is 29.8 Å². The van der Waals surface area contributed by atoms with Gasteiger partial charge in [-0.15, -0.1) is 0 Å². The largest absolute Gasteiger partial charge is 0.491 e. The zero-order chi connectivity index (χ0) is 12.5. The first kappa shape index (κ1) is 12.0. The van der Waals surface area contributed by atoms with Gasteiger partial charge in [0.15, 0.2) is 0 Å². The van der Waals surface area contributed by atoms with Gasteiger partial charge in [0.2, 0.25) is 0 Å². The van der Waals surface area contributed by atoms with Crippen LogP contribution in [0.4, 0.5) is 0 Å². The Hall–Kier alpha value is -1.06. The lowest BCUT2D eigenvalue weighted by atomic mass is 10.1. The molecule has 0 aromatic heterocycles. The van der Waals surface area contributed by atoms with Gasteiger partial charge in [0.1, 0.15) is 12.4 Å². The summed E-state index contributed by atoms with van der Waals surface area (Å²) in [6.45, 7) is 7.56. The maximum Gasteiger partial charge on any atom is 0.124 e. The van der Waals surface area contributed by atoms with E-state index in [1.54, 1.807) is 0 Å². The van der Waals surface area contributed by atoms with Crippen LogP contribution < -0.4 is 10.1 Å². The van der Waals surface area contributed by atoms with Crippen LogP contribution in [0.25, 0.3) is 0 Å². The first-order valence-electron chi connectivity index (χ1n) is 6.96. The number of nitrogens with one attached hydrogen (secondary N) is 1. The molecule has 1 fully saturated rings. The number of likely N-dealkylation sites (tertiary alicyclic amines) is 1. The second kappa shape index (κ2) is 4.90. The number of ether oxygens (including phenoxy) is 1. The summed E-state index contributed by atoms with van der Waals surface area (Å²) in [7, 11) is 0. The van der Waals surface area contributed by atoms with Gasteiger partial charge in [-0.3, -0.25) is 4.90 Å². The van der Waals surface area contributed by atoms with Gasteiger partial charge in [0, 0.05) is 30.7 Å². The fourth-order valence-corrected chi connectivity index (χ4v) is 3.13. The highest BCUT2D eigenvalue weighted by Gasteiger charge is 2.34. The van der Waals surface area contributed by atoms with Crippen LogP contribution in [0.3, 0.4) is 0 Å². The Balaban J connectivity index is 1.68. The van der Waals surface area contributed by atoms with Gasteiger partial charge < -0.3 is 10.1 Å². The molecule has 3 heteroatoms. The zero-order valence-electron chi connectivity index (χ0n) is 11.2. The average molecular weight is 246 g/mol. The van der Waals surface area contributed by atoms with Crippen molar-refractivity contribution in [1.29, 1.82) is 0 Å². The molecule has 2 aliphatic rings. The third-order valence-electron chi connectivity index (χ3n) is 3.90. The van der Waals surface area contributed by atoms with Crippen molar-refractivity contribution in [1.82, 2.24) is 10.2 Å². The first-order valence-corrected chi connectivity index (χ1v) is 6.96. The van der Waals surface area contributed by atoms with E-state index in [0.29, 0.717) is 18.1 Å². The lowest BCUT2D eigenvalue weighted by molar-refractivity contribution is 0.191. The summed E-state index contributed by atoms with van der Waals surface area (Å²) in [4.78, 5) is 2.56. The van der Waals surface area contributed by atoms with Crippen molar-refractivity contribution in [3.8, 4) is 5.75 Å². The molecule has 0 amide bonds. The van der Waals surface area contributed by atoms with Crippen molar-refractivity contribution < 1.29 is 4.74 Å². The van der Waals surface area contributed by atoms with Crippen LogP contribution in [-0.4, -0.2) is 36.7 Å². The van der Waals surface area contributed by atoms with Gasteiger partial charge in [-0.25, -0.2) is 0 Å². The van der Waals surface area contributed by atoms with E-state index in [-0.39, 0.29) is 0 Å². The van der Waals surface area contributed by atoms with E-state index >= 15 is 0 Å². The Labute approximate surface area is 109 Å². The number of benzene rings is 1. The molecular formula is C15H22N2O. The molecule has 0 bridgehead atoms. The van der Waals surface area contributed by atoms with Crippen molar-refractivity contribution in [2.75, 3.05) is 19.7 Å². The Morgan fingerprint density at radius 2 is 2.17 bits per heavy atom. The third kappa shape index (κ3) is 2.25. The standard InChI is InChI=1S/C15H22N2O/c1-11(2)16-12-7-8-17(9-12)14-10-18-15-6-4-3-5-13(14)15/h3-6,11-12,14,16H,7-10H2,1-2H3. The van der Waals surface area contributed by atoms with Crippen molar-refractivity contribution in [2.24, 2.45) is 0 Å². The molecule has 2 heterocycles. The molecular weight excluding hydrogens is 224 g/mol. The molecule has 3 nitrogen and oxygen atoms in total. The van der Waals surface area contributed by atoms with Crippen LogP contribution in [0.1, 0.15) is 31.9 Å². The lowest BCUT2D eigenvalue weighted by Crippen LogP contribution is -2.38. The lowest BCUT2D eigenvalue weighted by Gasteiger charge is -2.23. The summed E-state index contributed by atoms with van der Waals surface area (Å²) >= 11 is 0. The molecule has 1 N–H and O–H groups in total. The highest BCUT2D eigenvalue weighted by atomic mass is 16.5. The van der Waals surface area contributed by atoms with E-state index in [1.807, 2.05) is 6.07 Å². The minimum atomic E-state index is 0.458. The summed E-state index contributed by atoms with van der Waals surface area (Å²) < 4.78 is 5.78. The molecule has 3 rings (SSSR count). The second-order valence-electron chi connectivity index (χ2n) is 5.67. The van der Waals surface area contributed by atoms with E-state index in [0.717, 1.165) is 18.9 Å². The smallest absolute Gasteiger partial charge is 0.124 e. The third-order valence-corrected chi connectivity index (χ3v) is 3.90. The predicted octanol–water partition coefficient (Wildman–Crippen LogP) is 2.19. The van der Waals surface area contributed by atoms with Gasteiger partial charge >= 0.3 is 0 Å². The van der Waals surface area contributed by atoms with Gasteiger partial charge in [-0.05, 0) is 12.5 Å². The fourth-order valence-electron chi connectivity index (χ4n) is 3.13. The molecule has 0 saturated carbocycles. The van der Waals surface area contributed by atoms with Crippen molar-refractivity contribution in [3.63, 3.8) is 0 Å². The highest BCUT2D eigenvalue weighted by molar-refractivity contribution is 5.39. The normalized spacial score (nSPS) is 27.5. The van der Waals surface area contributed by atoms with Crippen LogP contribution in [0.15, 0.2) is 24.3 Å². The van der Waals surface area contributed by atoms with Gasteiger partial charge in [-0.2, -0.15) is 0 Å². The fraction of sp³-hybridized carbons (Fsp3) is 0.600. The Kier molecular flexibility index (Phi) is 3.27. The molecule has 1 aromatic carbocycles. The van der Waals surface area contributed by atoms with E-state index in [4.69, 9.17) is 4.74 Å². The van der Waals surface area contributed by atoms with E-state index < -0.39 is 0 Å². The number of nitrogens with zero attached hydrogens (tertiary/aromatic N) is 1. The molecule has 1 saturated heterocycles. The zero-order valence-corrected chi connectivity index (χ0v) is 11.2. The second-order valence-corrected chi connectivity index (χ2v) is 5.67. The molecule has 2 aliphatic heterocycles. The molecule has 2 atom stereocenters. The van der Waals surface area contributed by atoms with Crippen LogP contribution in [0.5, 0.6) is 5.75 Å². The van der Waals surface area contributed by atoms with Gasteiger partial charge in [-0.1, -0.05) is 32.0 Å². The SMILES string of the molecule is CC(C)NC1CCN(C2COc3ccccc32)C1. The summed E-state index contributed by atoms with van der Waals surface area (Å²) in [6.07, 6.45) is 1.25. The molecule has 18 heavy (non-hydrogen) atoms.